The highest BCUT2D eigenvalue weighted by molar-refractivity contribution is 7.15. The highest BCUT2D eigenvalue weighted by atomic mass is 32.1. The van der Waals surface area contributed by atoms with Crippen LogP contribution in [0.2, 0.25) is 0 Å². The second-order valence-corrected chi connectivity index (χ2v) is 16.9. The normalized spacial score (nSPS) is 15.9. The van der Waals surface area contributed by atoms with Crippen LogP contribution in [-0.4, -0.2) is 65.6 Å². The highest BCUT2D eigenvalue weighted by Gasteiger charge is 2.30. The number of nitrogens with one attached hydrogen (secondary N) is 4. The maximum absolute atomic E-state index is 12.9. The lowest BCUT2D eigenvalue weighted by atomic mass is 9.82. The molecule has 0 aliphatic heterocycles. The van der Waals surface area contributed by atoms with Gasteiger partial charge in [0.1, 0.15) is 21.2 Å². The van der Waals surface area contributed by atoms with Crippen LogP contribution in [0.15, 0.2) is 36.4 Å². The maximum Gasteiger partial charge on any atom is 0.407 e. The van der Waals surface area contributed by atoms with Crippen molar-refractivity contribution in [2.45, 2.75) is 116 Å². The lowest BCUT2D eigenvalue weighted by Gasteiger charge is -2.25. The Morgan fingerprint density at radius 2 is 1.06 bits per heavy atom. The van der Waals surface area contributed by atoms with Gasteiger partial charge in [-0.25, -0.2) is 9.59 Å². The van der Waals surface area contributed by atoms with Crippen molar-refractivity contribution in [3.63, 3.8) is 0 Å². The predicted molar refractivity (Wildman–Crippen MR) is 203 cm³/mol. The molecule has 16 nitrogen and oxygen atoms in total. The van der Waals surface area contributed by atoms with Crippen LogP contribution >= 0.6 is 22.7 Å². The van der Waals surface area contributed by atoms with Gasteiger partial charge in [-0.1, -0.05) is 41.2 Å². The molecule has 4 aromatic rings. The number of pyridine rings is 2. The smallest absolute Gasteiger partial charge is 0.407 e. The van der Waals surface area contributed by atoms with E-state index in [-0.39, 0.29) is 49.6 Å². The average Bonchev–Trinajstić information content (AvgIpc) is 3.75. The largest absolute Gasteiger partial charge is 0.444 e. The van der Waals surface area contributed by atoms with E-state index < -0.39 is 23.4 Å². The Kier molecular flexibility index (Phi) is 13.2. The highest BCUT2D eigenvalue weighted by Crippen LogP contribution is 2.43. The maximum atomic E-state index is 12.9. The minimum Gasteiger partial charge on any atom is -0.444 e. The van der Waals surface area contributed by atoms with Gasteiger partial charge in [0.2, 0.25) is 22.1 Å². The number of rotatable bonds is 12. The van der Waals surface area contributed by atoms with E-state index in [0.717, 1.165) is 35.7 Å². The van der Waals surface area contributed by atoms with Gasteiger partial charge in [0.15, 0.2) is 0 Å². The molecule has 1 aliphatic carbocycles. The van der Waals surface area contributed by atoms with Crippen molar-refractivity contribution in [3.8, 4) is 0 Å². The quantitative estimate of drug-likeness (QED) is 0.130. The molecule has 1 saturated carbocycles. The van der Waals surface area contributed by atoms with Gasteiger partial charge in [0, 0.05) is 11.8 Å². The van der Waals surface area contributed by atoms with E-state index in [2.05, 4.69) is 51.6 Å². The Bertz CT molecular complexity index is 1800. The van der Waals surface area contributed by atoms with E-state index in [1.807, 2.05) is 0 Å². The molecule has 0 radical (unpaired) electrons. The molecular weight excluding hydrogens is 733 g/mol. The van der Waals surface area contributed by atoms with E-state index in [4.69, 9.17) is 9.47 Å². The standard InChI is InChI=1S/C36H46N10O6S2/c1-35(2,3)51-33(49)37-19-25-14-8-12-23(39-25)17-27(47)41-31-45-43-29(53-31)21-10-7-11-22(16-21)30-44-46-32(54-30)42-28(48)18-24-13-9-15-26(40-24)20-38-34(50)52-36(4,5)6/h8-9,12-15,21-22H,7,10-11,16-20H2,1-6H3,(H,37,49)(H,38,50)(H,41,45,47)(H,42,46,48)/t21-,22-/m0/s1. The first-order valence-corrected chi connectivity index (χ1v) is 19.3. The molecule has 0 spiro atoms. The second kappa shape index (κ2) is 17.8. The van der Waals surface area contributed by atoms with Gasteiger partial charge in [0.25, 0.3) is 0 Å². The van der Waals surface area contributed by atoms with Gasteiger partial charge < -0.3 is 30.7 Å². The van der Waals surface area contributed by atoms with Crippen LogP contribution in [0.25, 0.3) is 0 Å². The summed E-state index contributed by atoms with van der Waals surface area (Å²) in [5.41, 5.74) is 1.11. The van der Waals surface area contributed by atoms with Crippen LogP contribution in [-0.2, 0) is 45.0 Å². The second-order valence-electron chi connectivity index (χ2n) is 14.9. The number of anilines is 2. The van der Waals surface area contributed by atoms with E-state index in [9.17, 15) is 19.2 Å². The molecule has 0 aromatic carbocycles. The van der Waals surface area contributed by atoms with Crippen molar-refractivity contribution < 1.29 is 28.7 Å². The number of aromatic nitrogens is 6. The van der Waals surface area contributed by atoms with Crippen molar-refractivity contribution in [3.05, 3.63) is 69.2 Å². The molecule has 0 unspecified atom stereocenters. The molecule has 4 amide bonds. The molecule has 4 N–H and O–H groups in total. The van der Waals surface area contributed by atoms with Crippen LogP contribution in [0.3, 0.4) is 0 Å². The fraction of sp³-hybridized carbons (Fsp3) is 0.500. The minimum atomic E-state index is -0.605. The number of alkyl carbamates (subject to hydrolysis) is 2. The third-order valence-electron chi connectivity index (χ3n) is 7.78. The van der Waals surface area contributed by atoms with E-state index in [1.54, 1.807) is 77.9 Å². The SMILES string of the molecule is CC(C)(C)OC(=O)NCc1cccc(CC(=O)Nc2nnc([C@H]3CCC[C@H](c4nnc(NC(=O)Cc5cccc(CNC(=O)OC(C)(C)C)n5)s4)C3)s2)n1. The summed E-state index contributed by atoms with van der Waals surface area (Å²) in [5.74, 6) is -0.252. The molecule has 1 aliphatic rings. The first-order valence-electron chi connectivity index (χ1n) is 17.7. The number of carbonyl (C=O) groups excluding carboxylic acids is 4. The minimum absolute atomic E-state index is 0.0346. The molecule has 54 heavy (non-hydrogen) atoms. The molecule has 5 rings (SSSR count). The summed E-state index contributed by atoms with van der Waals surface area (Å²) < 4.78 is 10.5. The van der Waals surface area contributed by atoms with Crippen molar-refractivity contribution in [2.24, 2.45) is 0 Å². The summed E-state index contributed by atoms with van der Waals surface area (Å²) in [6, 6.07) is 10.6. The van der Waals surface area contributed by atoms with Crippen molar-refractivity contribution in [1.29, 1.82) is 0 Å². The average molecular weight is 779 g/mol. The fourth-order valence-corrected chi connectivity index (χ4v) is 7.41. The lowest BCUT2D eigenvalue weighted by Crippen LogP contribution is -2.32. The number of hydrogen-bond donors (Lipinski definition) is 4. The molecule has 4 heterocycles. The first kappa shape index (κ1) is 40.1. The Hall–Kier alpha value is -5.10. The molecule has 1 fully saturated rings. The van der Waals surface area contributed by atoms with Crippen molar-refractivity contribution >= 4 is 56.9 Å². The Morgan fingerprint density at radius 3 is 1.46 bits per heavy atom. The molecule has 2 atom stereocenters. The Labute approximate surface area is 321 Å². The number of hydrogen-bond acceptors (Lipinski definition) is 14. The van der Waals surface area contributed by atoms with Crippen LogP contribution in [0, 0.1) is 0 Å². The van der Waals surface area contributed by atoms with Gasteiger partial charge in [-0.05, 0) is 85.1 Å². The summed E-state index contributed by atoms with van der Waals surface area (Å²) in [6.07, 6.45) is 2.63. The third kappa shape index (κ3) is 13.1. The van der Waals surface area contributed by atoms with Gasteiger partial charge in [-0.15, -0.1) is 20.4 Å². The van der Waals surface area contributed by atoms with Crippen molar-refractivity contribution in [2.75, 3.05) is 10.6 Å². The number of amides is 4. The summed E-state index contributed by atoms with van der Waals surface area (Å²) in [4.78, 5) is 58.6. The lowest BCUT2D eigenvalue weighted by molar-refractivity contribution is -0.116. The zero-order chi connectivity index (χ0) is 38.9. The van der Waals surface area contributed by atoms with Gasteiger partial charge in [-0.3, -0.25) is 19.6 Å². The molecule has 288 valence electrons. The molecular formula is C36H46N10O6S2. The molecule has 0 saturated heterocycles. The van der Waals surface area contributed by atoms with Crippen LogP contribution in [0.4, 0.5) is 19.9 Å². The summed E-state index contributed by atoms with van der Waals surface area (Å²) >= 11 is 2.72. The third-order valence-corrected chi connectivity index (χ3v) is 9.79. The number of ether oxygens (including phenoxy) is 2. The molecule has 4 aromatic heterocycles. The molecule has 18 heteroatoms. The van der Waals surface area contributed by atoms with Gasteiger partial charge in [-0.2, -0.15) is 0 Å². The fourth-order valence-electron chi connectivity index (χ4n) is 5.60. The van der Waals surface area contributed by atoms with Crippen LogP contribution in [0.1, 0.15) is 112 Å². The van der Waals surface area contributed by atoms with Crippen molar-refractivity contribution in [1.82, 2.24) is 41.0 Å². The number of carbonyl (C=O) groups is 4. The summed E-state index contributed by atoms with van der Waals surface area (Å²) in [5, 5.41) is 30.8. The Morgan fingerprint density at radius 1 is 0.648 bits per heavy atom. The topological polar surface area (TPSA) is 212 Å². The monoisotopic (exact) mass is 778 g/mol. The zero-order valence-corrected chi connectivity index (χ0v) is 32.9. The molecule has 0 bridgehead atoms. The predicted octanol–water partition coefficient (Wildman–Crippen LogP) is 6.03. The summed E-state index contributed by atoms with van der Waals surface area (Å²) in [6.45, 7) is 11.1. The zero-order valence-electron chi connectivity index (χ0n) is 31.2. The first-order chi connectivity index (χ1) is 25.6. The van der Waals surface area contributed by atoms with Crippen LogP contribution in [0.5, 0.6) is 0 Å². The van der Waals surface area contributed by atoms with Gasteiger partial charge in [0.05, 0.1) is 48.7 Å². The van der Waals surface area contributed by atoms with Gasteiger partial charge >= 0.3 is 12.2 Å². The number of nitrogens with zero attached hydrogens (tertiary/aromatic N) is 6. The summed E-state index contributed by atoms with van der Waals surface area (Å²) in [7, 11) is 0. The van der Waals surface area contributed by atoms with E-state index >= 15 is 0 Å². The van der Waals surface area contributed by atoms with Crippen LogP contribution < -0.4 is 21.3 Å². The van der Waals surface area contributed by atoms with E-state index in [1.165, 1.54) is 22.7 Å². The Balaban J connectivity index is 1.08. The van der Waals surface area contributed by atoms with E-state index in [0.29, 0.717) is 33.0 Å².